The molecule has 0 aliphatic carbocycles. The highest BCUT2D eigenvalue weighted by atomic mass is 16.2. The fourth-order valence-corrected chi connectivity index (χ4v) is 2.28. The van der Waals surface area contributed by atoms with Gasteiger partial charge in [-0.3, -0.25) is 9.59 Å². The Balaban J connectivity index is 2.08. The minimum absolute atomic E-state index is 0.0585. The zero-order chi connectivity index (χ0) is 17.4. The molecule has 0 fully saturated rings. The number of nitrogens with zero attached hydrogens (tertiary/aromatic N) is 2. The average molecular weight is 321 g/mol. The summed E-state index contributed by atoms with van der Waals surface area (Å²) in [4.78, 5) is 26.1. The summed E-state index contributed by atoms with van der Waals surface area (Å²) in [6, 6.07) is 17.6. The molecule has 2 amide bonds. The van der Waals surface area contributed by atoms with Gasteiger partial charge in [0.2, 0.25) is 0 Å². The molecule has 0 radical (unpaired) electrons. The maximum absolute atomic E-state index is 12.4. The first-order chi connectivity index (χ1) is 11.7. The number of benzene rings is 2. The van der Waals surface area contributed by atoms with Crippen LogP contribution in [-0.4, -0.2) is 29.8 Å². The molecule has 0 aliphatic heterocycles. The van der Waals surface area contributed by atoms with Gasteiger partial charge in [-0.2, -0.15) is 5.26 Å². The SMILES string of the molecule is CCCN(CC#N)C(=O)c1ccc(C(=O)Nc2ccccc2)cc1. The first-order valence-electron chi connectivity index (χ1n) is 7.78. The maximum Gasteiger partial charge on any atom is 0.255 e. The van der Waals surface area contributed by atoms with Crippen molar-refractivity contribution in [1.82, 2.24) is 4.90 Å². The van der Waals surface area contributed by atoms with E-state index in [1.165, 1.54) is 4.90 Å². The predicted octanol–water partition coefficient (Wildman–Crippen LogP) is 3.31. The van der Waals surface area contributed by atoms with Gasteiger partial charge in [-0.15, -0.1) is 0 Å². The molecule has 0 aliphatic rings. The third-order valence-corrected chi connectivity index (χ3v) is 3.47. The van der Waals surface area contributed by atoms with Gasteiger partial charge in [-0.05, 0) is 42.8 Å². The van der Waals surface area contributed by atoms with E-state index in [1.54, 1.807) is 36.4 Å². The Morgan fingerprint density at radius 2 is 1.67 bits per heavy atom. The zero-order valence-corrected chi connectivity index (χ0v) is 13.5. The van der Waals surface area contributed by atoms with Crippen molar-refractivity contribution < 1.29 is 9.59 Å². The van der Waals surface area contributed by atoms with Crippen LogP contribution in [0.2, 0.25) is 0 Å². The molecule has 2 aromatic carbocycles. The number of hydrogen-bond acceptors (Lipinski definition) is 3. The molecule has 2 rings (SSSR count). The van der Waals surface area contributed by atoms with Crippen molar-refractivity contribution in [2.45, 2.75) is 13.3 Å². The minimum atomic E-state index is -0.234. The standard InChI is InChI=1S/C19H19N3O2/c1-2-13-22(14-12-20)19(24)16-10-8-15(9-11-16)18(23)21-17-6-4-3-5-7-17/h3-11H,2,13-14H2,1H3,(H,21,23). The summed E-state index contributed by atoms with van der Waals surface area (Å²) in [6.07, 6.45) is 0.783. The highest BCUT2D eigenvalue weighted by molar-refractivity contribution is 6.05. The fourth-order valence-electron chi connectivity index (χ4n) is 2.28. The number of carbonyl (C=O) groups is 2. The van der Waals surface area contributed by atoms with Crippen LogP contribution in [0.25, 0.3) is 0 Å². The van der Waals surface area contributed by atoms with Crippen LogP contribution in [0.5, 0.6) is 0 Å². The summed E-state index contributed by atoms with van der Waals surface area (Å²) >= 11 is 0. The van der Waals surface area contributed by atoms with E-state index in [-0.39, 0.29) is 18.4 Å². The lowest BCUT2D eigenvalue weighted by Gasteiger charge is -2.18. The summed E-state index contributed by atoms with van der Waals surface area (Å²) < 4.78 is 0. The molecule has 0 saturated heterocycles. The number of anilines is 1. The maximum atomic E-state index is 12.4. The highest BCUT2D eigenvalue weighted by Crippen LogP contribution is 2.11. The first kappa shape index (κ1) is 17.2. The Bertz CT molecular complexity index is 733. The van der Waals surface area contributed by atoms with Crippen molar-refractivity contribution in [2.24, 2.45) is 0 Å². The fraction of sp³-hybridized carbons (Fsp3) is 0.211. The molecule has 0 aromatic heterocycles. The van der Waals surface area contributed by atoms with Gasteiger partial charge in [0, 0.05) is 23.4 Å². The molecule has 5 nitrogen and oxygen atoms in total. The van der Waals surface area contributed by atoms with Gasteiger partial charge in [0.05, 0.1) is 6.07 Å². The van der Waals surface area contributed by atoms with Crippen LogP contribution in [-0.2, 0) is 0 Å². The minimum Gasteiger partial charge on any atom is -0.325 e. The Kier molecular flexibility index (Phi) is 6.09. The van der Waals surface area contributed by atoms with Crippen LogP contribution in [0.1, 0.15) is 34.1 Å². The Morgan fingerprint density at radius 3 is 2.25 bits per heavy atom. The van der Waals surface area contributed by atoms with Gasteiger partial charge in [0.1, 0.15) is 6.54 Å². The van der Waals surface area contributed by atoms with E-state index in [1.807, 2.05) is 31.2 Å². The molecule has 122 valence electrons. The topological polar surface area (TPSA) is 73.2 Å². The van der Waals surface area contributed by atoms with Crippen LogP contribution in [0, 0.1) is 11.3 Å². The van der Waals surface area contributed by atoms with Gasteiger partial charge < -0.3 is 10.2 Å². The second kappa shape index (κ2) is 8.49. The molecule has 5 heteroatoms. The summed E-state index contributed by atoms with van der Waals surface area (Å²) in [6.45, 7) is 2.54. The van der Waals surface area contributed by atoms with Crippen LogP contribution in [0.4, 0.5) is 5.69 Å². The van der Waals surface area contributed by atoms with Crippen molar-refractivity contribution in [3.8, 4) is 6.07 Å². The van der Waals surface area contributed by atoms with Gasteiger partial charge in [0.25, 0.3) is 11.8 Å². The first-order valence-corrected chi connectivity index (χ1v) is 7.78. The molecule has 0 bridgehead atoms. The number of nitriles is 1. The number of nitrogens with one attached hydrogen (secondary N) is 1. The largest absolute Gasteiger partial charge is 0.325 e. The van der Waals surface area contributed by atoms with Gasteiger partial charge in [-0.1, -0.05) is 25.1 Å². The van der Waals surface area contributed by atoms with E-state index in [9.17, 15) is 9.59 Å². The Labute approximate surface area is 141 Å². The molecular formula is C19H19N3O2. The van der Waals surface area contributed by atoms with E-state index in [0.717, 1.165) is 6.42 Å². The average Bonchev–Trinajstić information content (AvgIpc) is 2.62. The van der Waals surface area contributed by atoms with Crippen molar-refractivity contribution in [3.63, 3.8) is 0 Å². The zero-order valence-electron chi connectivity index (χ0n) is 13.5. The van der Waals surface area contributed by atoms with Gasteiger partial charge >= 0.3 is 0 Å². The smallest absolute Gasteiger partial charge is 0.255 e. The third-order valence-electron chi connectivity index (χ3n) is 3.47. The molecule has 0 heterocycles. The van der Waals surface area contributed by atoms with Crippen LogP contribution >= 0.6 is 0 Å². The molecule has 0 spiro atoms. The van der Waals surface area contributed by atoms with Gasteiger partial charge in [-0.25, -0.2) is 0 Å². The van der Waals surface area contributed by atoms with E-state index in [0.29, 0.717) is 23.4 Å². The lowest BCUT2D eigenvalue weighted by atomic mass is 10.1. The van der Waals surface area contributed by atoms with E-state index in [4.69, 9.17) is 5.26 Å². The normalized spacial score (nSPS) is 9.83. The highest BCUT2D eigenvalue weighted by Gasteiger charge is 2.15. The summed E-state index contributed by atoms with van der Waals surface area (Å²) in [5.74, 6) is -0.434. The van der Waals surface area contributed by atoms with Crippen LogP contribution in [0.3, 0.4) is 0 Å². The molecular weight excluding hydrogens is 302 g/mol. The second-order valence-electron chi connectivity index (χ2n) is 5.28. The lowest BCUT2D eigenvalue weighted by molar-refractivity contribution is 0.0775. The van der Waals surface area contributed by atoms with Crippen LogP contribution < -0.4 is 5.32 Å². The quantitative estimate of drug-likeness (QED) is 0.830. The molecule has 1 N–H and O–H groups in total. The van der Waals surface area contributed by atoms with E-state index in [2.05, 4.69) is 5.32 Å². The molecule has 0 saturated carbocycles. The van der Waals surface area contributed by atoms with Crippen molar-refractivity contribution in [3.05, 3.63) is 65.7 Å². The number of hydrogen-bond donors (Lipinski definition) is 1. The van der Waals surface area contributed by atoms with Crippen LogP contribution in [0.15, 0.2) is 54.6 Å². The summed E-state index contributed by atoms with van der Waals surface area (Å²) in [5, 5.41) is 11.6. The van der Waals surface area contributed by atoms with Crippen molar-refractivity contribution in [1.29, 1.82) is 5.26 Å². The summed E-state index contributed by atoms with van der Waals surface area (Å²) in [5.41, 5.74) is 1.65. The van der Waals surface area contributed by atoms with Gasteiger partial charge in [0.15, 0.2) is 0 Å². The summed E-state index contributed by atoms with van der Waals surface area (Å²) in [7, 11) is 0. The van der Waals surface area contributed by atoms with Crippen molar-refractivity contribution >= 4 is 17.5 Å². The third kappa shape index (κ3) is 4.43. The molecule has 2 aromatic rings. The molecule has 0 unspecified atom stereocenters. The Morgan fingerprint density at radius 1 is 1.04 bits per heavy atom. The number of rotatable bonds is 6. The van der Waals surface area contributed by atoms with Crippen molar-refractivity contribution in [2.75, 3.05) is 18.4 Å². The lowest BCUT2D eigenvalue weighted by Crippen LogP contribution is -2.32. The monoisotopic (exact) mass is 321 g/mol. The number of amides is 2. The predicted molar refractivity (Wildman–Crippen MR) is 92.6 cm³/mol. The Hall–Kier alpha value is -3.13. The molecule has 0 atom stereocenters. The van der Waals surface area contributed by atoms with E-state index < -0.39 is 0 Å². The number of para-hydroxylation sites is 1. The number of carbonyl (C=O) groups excluding carboxylic acids is 2. The molecule has 24 heavy (non-hydrogen) atoms. The van der Waals surface area contributed by atoms with E-state index >= 15 is 0 Å². The second-order valence-corrected chi connectivity index (χ2v) is 5.28.